The Balaban J connectivity index is 2.05. The maximum absolute atomic E-state index is 12.3. The van der Waals surface area contributed by atoms with Gasteiger partial charge in [0.15, 0.2) is 0 Å². The highest BCUT2D eigenvalue weighted by atomic mass is 35.5. The molecule has 0 fully saturated rings. The zero-order valence-corrected chi connectivity index (χ0v) is 13.7. The van der Waals surface area contributed by atoms with E-state index in [1.54, 1.807) is 0 Å². The van der Waals surface area contributed by atoms with Gasteiger partial charge in [-0.1, -0.05) is 11.6 Å². The van der Waals surface area contributed by atoms with Crippen molar-refractivity contribution in [1.29, 1.82) is 0 Å². The maximum Gasteiger partial charge on any atom is 0.339 e. The largest absolute Gasteiger partial charge is 0.486 e. The van der Waals surface area contributed by atoms with E-state index >= 15 is 0 Å². The van der Waals surface area contributed by atoms with Gasteiger partial charge in [0, 0.05) is 16.5 Å². The van der Waals surface area contributed by atoms with Gasteiger partial charge in [-0.3, -0.25) is 0 Å². The van der Waals surface area contributed by atoms with E-state index in [0.717, 1.165) is 60.6 Å². The smallest absolute Gasteiger partial charge is 0.339 e. The van der Waals surface area contributed by atoms with Gasteiger partial charge in [-0.15, -0.1) is 0 Å². The van der Waals surface area contributed by atoms with E-state index in [9.17, 15) is 4.79 Å². The summed E-state index contributed by atoms with van der Waals surface area (Å²) in [4.78, 5) is 12.3. The molecule has 3 nitrogen and oxygen atoms in total. The number of hydrogen-bond acceptors (Lipinski definition) is 3. The molecule has 0 unspecified atom stereocenters. The summed E-state index contributed by atoms with van der Waals surface area (Å²) in [5.74, 6) is 0.685. The van der Waals surface area contributed by atoms with Crippen molar-refractivity contribution in [3.8, 4) is 5.75 Å². The van der Waals surface area contributed by atoms with Crippen LogP contribution in [0.3, 0.4) is 0 Å². The summed E-state index contributed by atoms with van der Waals surface area (Å²) in [6.45, 7) is 4.11. The van der Waals surface area contributed by atoms with E-state index in [-0.39, 0.29) is 11.2 Å². The van der Waals surface area contributed by atoms with Gasteiger partial charge in [-0.2, -0.15) is 0 Å². The topological polar surface area (TPSA) is 39.4 Å². The Hall–Kier alpha value is -1.48. The normalized spacial score (nSPS) is 19.4. The second kappa shape index (κ2) is 4.76. The molecule has 0 amide bonds. The molecule has 0 saturated heterocycles. The van der Waals surface area contributed by atoms with E-state index in [1.165, 1.54) is 0 Å². The van der Waals surface area contributed by atoms with Crippen molar-refractivity contribution in [2.45, 2.75) is 58.0 Å². The number of halogens is 1. The van der Waals surface area contributed by atoms with Gasteiger partial charge in [-0.25, -0.2) is 4.79 Å². The Labute approximate surface area is 134 Å². The summed E-state index contributed by atoms with van der Waals surface area (Å²) in [6.07, 6.45) is 5.62. The van der Waals surface area contributed by atoms with Crippen LogP contribution in [0.1, 0.15) is 49.8 Å². The number of rotatable bonds is 0. The molecule has 0 saturated carbocycles. The van der Waals surface area contributed by atoms with Crippen LogP contribution >= 0.6 is 11.6 Å². The molecule has 2 heterocycles. The molecule has 1 aliphatic carbocycles. The highest BCUT2D eigenvalue weighted by Gasteiger charge is 2.31. The minimum absolute atomic E-state index is 0.184. The summed E-state index contributed by atoms with van der Waals surface area (Å²) >= 11 is 6.49. The van der Waals surface area contributed by atoms with Gasteiger partial charge < -0.3 is 9.15 Å². The van der Waals surface area contributed by atoms with Crippen LogP contribution in [-0.2, 0) is 19.3 Å². The highest BCUT2D eigenvalue weighted by Crippen LogP contribution is 2.43. The summed E-state index contributed by atoms with van der Waals surface area (Å²) < 4.78 is 11.7. The molecular weight excluding hydrogens is 300 g/mol. The van der Waals surface area contributed by atoms with Gasteiger partial charge in [0.05, 0.1) is 5.02 Å². The van der Waals surface area contributed by atoms with Crippen molar-refractivity contribution in [3.05, 3.63) is 38.2 Å². The molecule has 4 heteroatoms. The maximum atomic E-state index is 12.3. The van der Waals surface area contributed by atoms with Crippen molar-refractivity contribution >= 4 is 22.6 Å². The zero-order valence-electron chi connectivity index (χ0n) is 12.9. The molecule has 2 aliphatic rings. The fourth-order valence-electron chi connectivity index (χ4n) is 3.68. The summed E-state index contributed by atoms with van der Waals surface area (Å²) in [5, 5.41) is 1.62. The van der Waals surface area contributed by atoms with Crippen molar-refractivity contribution in [3.63, 3.8) is 0 Å². The van der Waals surface area contributed by atoms with Crippen LogP contribution < -0.4 is 10.4 Å². The van der Waals surface area contributed by atoms with Crippen LogP contribution in [0, 0.1) is 0 Å². The van der Waals surface area contributed by atoms with E-state index in [0.29, 0.717) is 16.4 Å². The Morgan fingerprint density at radius 2 is 1.82 bits per heavy atom. The number of aryl methyl sites for hydroxylation is 2. The molecule has 1 aromatic heterocycles. The predicted molar refractivity (Wildman–Crippen MR) is 87.2 cm³/mol. The summed E-state index contributed by atoms with van der Waals surface area (Å²) in [5.41, 5.74) is 3.18. The molecule has 0 N–H and O–H groups in total. The molecule has 0 spiro atoms. The Morgan fingerprint density at radius 3 is 2.59 bits per heavy atom. The average molecular weight is 319 g/mol. The monoisotopic (exact) mass is 318 g/mol. The number of ether oxygens (including phenoxy) is 1. The number of benzene rings is 1. The van der Waals surface area contributed by atoms with Gasteiger partial charge in [-0.05, 0) is 64.0 Å². The Kier molecular flexibility index (Phi) is 3.06. The SMILES string of the molecule is CC1(C)CCc2c(c(Cl)cc3c4c(c(=O)oc23)CCCC4)O1. The third-order valence-electron chi connectivity index (χ3n) is 4.87. The minimum Gasteiger partial charge on any atom is -0.486 e. The lowest BCUT2D eigenvalue weighted by atomic mass is 9.88. The number of hydrogen-bond donors (Lipinski definition) is 0. The van der Waals surface area contributed by atoms with E-state index < -0.39 is 0 Å². The Bertz CT molecular complexity index is 833. The quantitative estimate of drug-likeness (QED) is 0.675. The van der Waals surface area contributed by atoms with Gasteiger partial charge in [0.25, 0.3) is 0 Å². The standard InChI is InChI=1S/C18H19ClO3/c1-18(2)8-7-12-15-13(9-14(19)16(12)22-18)10-5-3-4-6-11(10)17(20)21-15/h9H,3-8H2,1-2H3. The lowest BCUT2D eigenvalue weighted by molar-refractivity contribution is 0.0850. The van der Waals surface area contributed by atoms with Crippen LogP contribution in [0.4, 0.5) is 0 Å². The molecule has 1 aliphatic heterocycles. The van der Waals surface area contributed by atoms with Crippen molar-refractivity contribution in [2.24, 2.45) is 0 Å². The first-order chi connectivity index (χ1) is 10.5. The van der Waals surface area contributed by atoms with E-state index in [1.807, 2.05) is 6.07 Å². The van der Waals surface area contributed by atoms with Crippen LogP contribution in [0.2, 0.25) is 5.02 Å². The van der Waals surface area contributed by atoms with Crippen LogP contribution in [0.25, 0.3) is 11.0 Å². The molecule has 1 aromatic carbocycles. The fraction of sp³-hybridized carbons (Fsp3) is 0.500. The zero-order chi connectivity index (χ0) is 15.5. The van der Waals surface area contributed by atoms with Gasteiger partial charge in [0.2, 0.25) is 0 Å². The third kappa shape index (κ3) is 2.06. The highest BCUT2D eigenvalue weighted by molar-refractivity contribution is 6.33. The summed E-state index contributed by atoms with van der Waals surface area (Å²) in [6, 6.07) is 1.92. The second-order valence-corrected chi connectivity index (χ2v) is 7.37. The first kappa shape index (κ1) is 14.1. The molecule has 2 aromatic rings. The van der Waals surface area contributed by atoms with Crippen LogP contribution in [0.5, 0.6) is 5.75 Å². The van der Waals surface area contributed by atoms with Crippen molar-refractivity contribution in [1.82, 2.24) is 0 Å². The first-order valence-corrected chi connectivity index (χ1v) is 8.33. The fourth-order valence-corrected chi connectivity index (χ4v) is 3.94. The molecule has 0 bridgehead atoms. The van der Waals surface area contributed by atoms with E-state index in [2.05, 4.69) is 13.8 Å². The van der Waals surface area contributed by atoms with E-state index in [4.69, 9.17) is 20.8 Å². The predicted octanol–water partition coefficient (Wildman–Crippen LogP) is 4.43. The molecule has 4 rings (SSSR count). The molecule has 0 radical (unpaired) electrons. The molecule has 22 heavy (non-hydrogen) atoms. The lowest BCUT2D eigenvalue weighted by Gasteiger charge is -2.33. The van der Waals surface area contributed by atoms with Crippen molar-refractivity contribution < 1.29 is 9.15 Å². The van der Waals surface area contributed by atoms with Gasteiger partial charge >= 0.3 is 5.63 Å². The van der Waals surface area contributed by atoms with Crippen molar-refractivity contribution in [2.75, 3.05) is 0 Å². The summed E-state index contributed by atoms with van der Waals surface area (Å²) in [7, 11) is 0. The molecule has 0 atom stereocenters. The number of fused-ring (bicyclic) bond motifs is 5. The average Bonchev–Trinajstić information content (AvgIpc) is 2.48. The third-order valence-corrected chi connectivity index (χ3v) is 5.15. The first-order valence-electron chi connectivity index (χ1n) is 7.95. The molecular formula is C18H19ClO3. The van der Waals surface area contributed by atoms with Crippen LogP contribution in [0.15, 0.2) is 15.3 Å². The minimum atomic E-state index is -0.237. The van der Waals surface area contributed by atoms with Gasteiger partial charge in [0.1, 0.15) is 16.9 Å². The lowest BCUT2D eigenvalue weighted by Crippen LogP contribution is -2.33. The molecule has 116 valence electrons. The Morgan fingerprint density at radius 1 is 1.09 bits per heavy atom. The second-order valence-electron chi connectivity index (χ2n) is 6.96. The van der Waals surface area contributed by atoms with Crippen LogP contribution in [-0.4, -0.2) is 5.60 Å².